The molecule has 1 aromatic heterocycles. The van der Waals surface area contributed by atoms with Crippen LogP contribution in [0.4, 0.5) is 0 Å². The zero-order valence-corrected chi connectivity index (χ0v) is 9.37. The van der Waals surface area contributed by atoms with Crippen LogP contribution in [-0.4, -0.2) is 17.5 Å². The van der Waals surface area contributed by atoms with Crippen molar-refractivity contribution in [3.63, 3.8) is 0 Å². The SMILES string of the molecule is NCc1ccco1.O=C(CO)c1ccccc1. The largest absolute Gasteiger partial charge is 0.468 e. The maximum Gasteiger partial charge on any atom is 0.188 e. The number of aliphatic hydroxyl groups is 1. The molecule has 4 heteroatoms. The summed E-state index contributed by atoms with van der Waals surface area (Å²) in [6.45, 7) is 0.0804. The molecule has 0 fully saturated rings. The molecule has 17 heavy (non-hydrogen) atoms. The molecule has 0 unspecified atom stereocenters. The molecule has 0 aliphatic rings. The fourth-order valence-electron chi connectivity index (χ4n) is 1.14. The van der Waals surface area contributed by atoms with E-state index in [2.05, 4.69) is 0 Å². The molecule has 0 spiro atoms. The summed E-state index contributed by atoms with van der Waals surface area (Å²) in [6.07, 6.45) is 1.61. The first-order chi connectivity index (χ1) is 8.27. The van der Waals surface area contributed by atoms with E-state index in [1.807, 2.05) is 18.2 Å². The number of hydrogen-bond acceptors (Lipinski definition) is 4. The van der Waals surface area contributed by atoms with Crippen molar-refractivity contribution in [2.45, 2.75) is 6.54 Å². The van der Waals surface area contributed by atoms with Gasteiger partial charge in [-0.05, 0) is 12.1 Å². The Balaban J connectivity index is 0.000000181. The standard InChI is InChI=1S/C8H8O2.C5H7NO/c9-6-8(10)7-4-2-1-3-5-7;6-4-5-2-1-3-7-5/h1-5,9H,6H2;1-3H,4,6H2. The maximum absolute atomic E-state index is 10.8. The van der Waals surface area contributed by atoms with Crippen molar-refractivity contribution in [3.05, 3.63) is 60.1 Å². The first kappa shape index (κ1) is 13.2. The van der Waals surface area contributed by atoms with Crippen molar-refractivity contribution in [1.29, 1.82) is 0 Å². The number of furan rings is 1. The van der Waals surface area contributed by atoms with Crippen molar-refractivity contribution in [2.24, 2.45) is 5.73 Å². The average Bonchev–Trinajstić information content (AvgIpc) is 2.93. The summed E-state index contributed by atoms with van der Waals surface area (Å²) in [6, 6.07) is 12.4. The normalized spacial score (nSPS) is 9.29. The van der Waals surface area contributed by atoms with Gasteiger partial charge in [0.15, 0.2) is 5.78 Å². The molecule has 0 aliphatic heterocycles. The summed E-state index contributed by atoms with van der Waals surface area (Å²) >= 11 is 0. The van der Waals surface area contributed by atoms with Gasteiger partial charge in [-0.3, -0.25) is 4.79 Å². The van der Waals surface area contributed by atoms with Gasteiger partial charge in [0.05, 0.1) is 12.8 Å². The number of carbonyl (C=O) groups excluding carboxylic acids is 1. The molecule has 1 heterocycles. The summed E-state index contributed by atoms with van der Waals surface area (Å²) < 4.78 is 4.86. The Labute approximate surface area is 99.7 Å². The third-order valence-corrected chi connectivity index (χ3v) is 2.02. The van der Waals surface area contributed by atoms with Crippen molar-refractivity contribution < 1.29 is 14.3 Å². The highest BCUT2D eigenvalue weighted by Gasteiger charge is 1.99. The van der Waals surface area contributed by atoms with Gasteiger partial charge in [0.25, 0.3) is 0 Å². The van der Waals surface area contributed by atoms with Crippen LogP contribution in [0.25, 0.3) is 0 Å². The quantitative estimate of drug-likeness (QED) is 0.789. The monoisotopic (exact) mass is 233 g/mol. The number of hydrogen-bond donors (Lipinski definition) is 2. The van der Waals surface area contributed by atoms with Crippen molar-refractivity contribution in [1.82, 2.24) is 0 Å². The molecule has 0 saturated carbocycles. The molecule has 0 saturated heterocycles. The number of nitrogens with two attached hydrogens (primary N) is 1. The van der Waals surface area contributed by atoms with Gasteiger partial charge in [0.2, 0.25) is 0 Å². The van der Waals surface area contributed by atoms with E-state index in [0.29, 0.717) is 12.1 Å². The van der Waals surface area contributed by atoms with Gasteiger partial charge in [-0.1, -0.05) is 30.3 Å². The molecule has 2 rings (SSSR count). The lowest BCUT2D eigenvalue weighted by molar-refractivity contribution is 0.0904. The summed E-state index contributed by atoms with van der Waals surface area (Å²) in [5.74, 6) is 0.598. The summed E-state index contributed by atoms with van der Waals surface area (Å²) in [7, 11) is 0. The molecule has 0 atom stereocenters. The van der Waals surface area contributed by atoms with E-state index in [4.69, 9.17) is 15.3 Å². The van der Waals surface area contributed by atoms with Gasteiger partial charge in [0, 0.05) is 5.56 Å². The average molecular weight is 233 g/mol. The molecule has 4 nitrogen and oxygen atoms in total. The third kappa shape index (κ3) is 4.63. The fraction of sp³-hybridized carbons (Fsp3) is 0.154. The lowest BCUT2D eigenvalue weighted by atomic mass is 10.1. The van der Waals surface area contributed by atoms with Crippen LogP contribution in [-0.2, 0) is 6.54 Å². The zero-order chi connectivity index (χ0) is 12.5. The van der Waals surface area contributed by atoms with Crippen LogP contribution in [0, 0.1) is 0 Å². The van der Waals surface area contributed by atoms with E-state index in [9.17, 15) is 4.79 Å². The zero-order valence-electron chi connectivity index (χ0n) is 9.37. The van der Waals surface area contributed by atoms with E-state index >= 15 is 0 Å². The first-order valence-corrected chi connectivity index (χ1v) is 5.19. The number of Topliss-reactive ketones (excluding diaryl/α,β-unsaturated/α-hetero) is 1. The lowest BCUT2D eigenvalue weighted by Crippen LogP contribution is -2.02. The molecular weight excluding hydrogens is 218 g/mol. The minimum atomic E-state index is -0.413. The highest BCUT2D eigenvalue weighted by atomic mass is 16.3. The molecular formula is C13H15NO3. The second kappa shape index (κ2) is 7.38. The van der Waals surface area contributed by atoms with Crippen molar-refractivity contribution in [2.75, 3.05) is 6.61 Å². The molecule has 0 bridgehead atoms. The first-order valence-electron chi connectivity index (χ1n) is 5.19. The minimum Gasteiger partial charge on any atom is -0.468 e. The highest BCUT2D eigenvalue weighted by Crippen LogP contribution is 1.98. The van der Waals surface area contributed by atoms with Crippen molar-refractivity contribution in [3.8, 4) is 0 Å². The van der Waals surface area contributed by atoms with Crippen molar-refractivity contribution >= 4 is 5.78 Å². The van der Waals surface area contributed by atoms with Crippen LogP contribution in [0.15, 0.2) is 53.1 Å². The number of carbonyl (C=O) groups is 1. The predicted octanol–water partition coefficient (Wildman–Crippen LogP) is 1.60. The molecule has 3 N–H and O–H groups in total. The summed E-state index contributed by atoms with van der Waals surface area (Å²) in [4.78, 5) is 10.8. The molecule has 1 aromatic carbocycles. The van der Waals surface area contributed by atoms with Crippen LogP contribution < -0.4 is 5.73 Å². The van der Waals surface area contributed by atoms with Gasteiger partial charge in [0.1, 0.15) is 12.4 Å². The highest BCUT2D eigenvalue weighted by molar-refractivity contribution is 5.96. The molecule has 2 aromatic rings. The Bertz CT molecular complexity index is 423. The Morgan fingerprint density at radius 2 is 1.88 bits per heavy atom. The molecule has 0 aliphatic carbocycles. The Kier molecular flexibility index (Phi) is 5.71. The number of benzene rings is 1. The van der Waals surface area contributed by atoms with E-state index in [1.54, 1.807) is 30.5 Å². The van der Waals surface area contributed by atoms with Gasteiger partial charge in [-0.15, -0.1) is 0 Å². The second-order valence-corrected chi connectivity index (χ2v) is 3.23. The third-order valence-electron chi connectivity index (χ3n) is 2.02. The summed E-state index contributed by atoms with van der Waals surface area (Å²) in [5, 5.41) is 8.44. The molecule has 0 radical (unpaired) electrons. The van der Waals surface area contributed by atoms with Crippen LogP contribution in [0.5, 0.6) is 0 Å². The molecule has 90 valence electrons. The maximum atomic E-state index is 10.8. The smallest absolute Gasteiger partial charge is 0.188 e. The van der Waals surface area contributed by atoms with Gasteiger partial charge < -0.3 is 15.3 Å². The van der Waals surface area contributed by atoms with E-state index in [0.717, 1.165) is 5.76 Å². The summed E-state index contributed by atoms with van der Waals surface area (Å²) in [5.41, 5.74) is 5.76. The Morgan fingerprint density at radius 3 is 2.29 bits per heavy atom. The Morgan fingerprint density at radius 1 is 1.18 bits per heavy atom. The minimum absolute atomic E-state index is 0.236. The number of aliphatic hydroxyl groups excluding tert-OH is 1. The number of ketones is 1. The Hall–Kier alpha value is -1.91. The van der Waals surface area contributed by atoms with Crippen LogP contribution >= 0.6 is 0 Å². The topological polar surface area (TPSA) is 76.5 Å². The van der Waals surface area contributed by atoms with E-state index in [-0.39, 0.29) is 5.78 Å². The van der Waals surface area contributed by atoms with Crippen LogP contribution in [0.1, 0.15) is 16.1 Å². The van der Waals surface area contributed by atoms with Gasteiger partial charge >= 0.3 is 0 Å². The van der Waals surface area contributed by atoms with E-state index < -0.39 is 6.61 Å². The predicted molar refractivity (Wildman–Crippen MR) is 64.5 cm³/mol. The lowest BCUT2D eigenvalue weighted by Gasteiger charge is -1.93. The van der Waals surface area contributed by atoms with Crippen LogP contribution in [0.3, 0.4) is 0 Å². The second-order valence-electron chi connectivity index (χ2n) is 3.23. The molecule has 0 amide bonds. The van der Waals surface area contributed by atoms with Gasteiger partial charge in [-0.25, -0.2) is 0 Å². The van der Waals surface area contributed by atoms with Crippen LogP contribution in [0.2, 0.25) is 0 Å². The van der Waals surface area contributed by atoms with Gasteiger partial charge in [-0.2, -0.15) is 0 Å². The number of rotatable bonds is 3. The fourth-order valence-corrected chi connectivity index (χ4v) is 1.14. The van der Waals surface area contributed by atoms with E-state index in [1.165, 1.54) is 0 Å².